The fourth-order valence-electron chi connectivity index (χ4n) is 1.55. The normalized spacial score (nSPS) is 11.2. The maximum Gasteiger partial charge on any atom is 0.317 e. The van der Waals surface area contributed by atoms with E-state index in [-0.39, 0.29) is 6.54 Å². The molecule has 0 aromatic carbocycles. The van der Waals surface area contributed by atoms with Gasteiger partial charge in [-0.15, -0.1) is 0 Å². The highest BCUT2D eigenvalue weighted by atomic mass is 19.1. The second kappa shape index (κ2) is 7.03. The molecule has 0 atom stereocenters. The summed E-state index contributed by atoms with van der Waals surface area (Å²) in [6.45, 7) is 1.67. The quantitative estimate of drug-likeness (QED) is 0.776. The average Bonchev–Trinajstić information content (AvgIpc) is 2.25. The van der Waals surface area contributed by atoms with Crippen molar-refractivity contribution < 1.29 is 14.3 Å². The smallest absolute Gasteiger partial charge is 0.317 e. The van der Waals surface area contributed by atoms with Gasteiger partial charge < -0.3 is 10.0 Å². The summed E-state index contributed by atoms with van der Waals surface area (Å²) in [5.41, 5.74) is 0.676. The predicted molar refractivity (Wildman–Crippen MR) is 65.7 cm³/mol. The van der Waals surface area contributed by atoms with E-state index >= 15 is 0 Å². The fourth-order valence-corrected chi connectivity index (χ4v) is 1.55. The highest BCUT2D eigenvalue weighted by Gasteiger charge is 2.11. The van der Waals surface area contributed by atoms with E-state index in [1.165, 1.54) is 6.07 Å². The molecule has 0 spiro atoms. The first-order valence-corrected chi connectivity index (χ1v) is 5.65. The minimum atomic E-state index is -0.891. The van der Waals surface area contributed by atoms with Crippen molar-refractivity contribution in [3.05, 3.63) is 29.8 Å². The summed E-state index contributed by atoms with van der Waals surface area (Å²) >= 11 is 0. The van der Waals surface area contributed by atoms with E-state index in [0.717, 1.165) is 12.7 Å². The van der Waals surface area contributed by atoms with E-state index in [9.17, 15) is 9.18 Å². The minimum absolute atomic E-state index is 0.0651. The van der Waals surface area contributed by atoms with Gasteiger partial charge >= 0.3 is 5.97 Å². The van der Waals surface area contributed by atoms with Crippen LogP contribution in [0.1, 0.15) is 5.56 Å². The van der Waals surface area contributed by atoms with Crippen LogP contribution in [0.5, 0.6) is 0 Å². The second-order valence-electron chi connectivity index (χ2n) is 4.42. The van der Waals surface area contributed by atoms with Crippen molar-refractivity contribution in [3.63, 3.8) is 0 Å². The number of carbonyl (C=O) groups is 1. The molecule has 0 radical (unpaired) electrons. The molecule has 18 heavy (non-hydrogen) atoms. The first-order chi connectivity index (χ1) is 8.47. The van der Waals surface area contributed by atoms with E-state index in [4.69, 9.17) is 5.11 Å². The topological polar surface area (TPSA) is 56.7 Å². The zero-order valence-corrected chi connectivity index (χ0v) is 10.6. The van der Waals surface area contributed by atoms with Crippen LogP contribution >= 0.6 is 0 Å². The summed E-state index contributed by atoms with van der Waals surface area (Å²) in [5, 5.41) is 8.84. The fraction of sp³-hybridized carbons (Fsp3) is 0.500. The maximum atomic E-state index is 13.0. The second-order valence-corrected chi connectivity index (χ2v) is 4.42. The van der Waals surface area contributed by atoms with Crippen LogP contribution in [0.2, 0.25) is 0 Å². The first kappa shape index (κ1) is 14.5. The number of aromatic nitrogens is 1. The monoisotopic (exact) mass is 255 g/mol. The van der Waals surface area contributed by atoms with Gasteiger partial charge in [0, 0.05) is 25.8 Å². The van der Waals surface area contributed by atoms with Gasteiger partial charge in [-0.25, -0.2) is 4.39 Å². The van der Waals surface area contributed by atoms with Crippen LogP contribution in [0.25, 0.3) is 0 Å². The Bertz CT molecular complexity index is 399. The van der Waals surface area contributed by atoms with E-state index < -0.39 is 11.8 Å². The molecular weight excluding hydrogens is 237 g/mol. The van der Waals surface area contributed by atoms with Gasteiger partial charge in [0.25, 0.3) is 0 Å². The lowest BCUT2D eigenvalue weighted by Crippen LogP contribution is -2.35. The number of carboxylic acids is 1. The third-order valence-corrected chi connectivity index (χ3v) is 2.39. The molecule has 0 aliphatic rings. The number of nitrogens with zero attached hydrogens (tertiary/aromatic N) is 3. The highest BCUT2D eigenvalue weighted by Crippen LogP contribution is 2.05. The average molecular weight is 255 g/mol. The molecule has 1 heterocycles. The van der Waals surface area contributed by atoms with E-state index in [1.807, 2.05) is 19.0 Å². The van der Waals surface area contributed by atoms with Gasteiger partial charge in [0.05, 0.1) is 12.7 Å². The van der Waals surface area contributed by atoms with Crippen LogP contribution in [0.4, 0.5) is 4.39 Å². The third kappa shape index (κ3) is 5.70. The molecule has 1 aromatic heterocycles. The van der Waals surface area contributed by atoms with Crippen molar-refractivity contribution in [1.29, 1.82) is 0 Å². The molecule has 1 rings (SSSR count). The molecule has 0 amide bonds. The van der Waals surface area contributed by atoms with Gasteiger partial charge in [-0.05, 0) is 25.7 Å². The Kier molecular flexibility index (Phi) is 5.67. The number of carboxylic acid groups (broad SMARTS) is 1. The van der Waals surface area contributed by atoms with Crippen LogP contribution < -0.4 is 0 Å². The summed E-state index contributed by atoms with van der Waals surface area (Å²) in [7, 11) is 3.84. The molecule has 5 nitrogen and oxygen atoms in total. The Hall–Kier alpha value is -1.53. The van der Waals surface area contributed by atoms with Crippen LogP contribution in [-0.4, -0.2) is 59.6 Å². The van der Waals surface area contributed by atoms with Crippen LogP contribution in [0.15, 0.2) is 18.5 Å². The maximum absolute atomic E-state index is 13.0. The zero-order valence-electron chi connectivity index (χ0n) is 10.6. The Morgan fingerprint density at radius 1 is 1.39 bits per heavy atom. The minimum Gasteiger partial charge on any atom is -0.480 e. The lowest BCUT2D eigenvalue weighted by Gasteiger charge is -2.22. The standard InChI is InChI=1S/C12H18FN3O2/c1-15(2)3-4-16(9-12(17)18)8-10-5-11(13)7-14-6-10/h5-7H,3-4,8-9H2,1-2H3,(H,17,18). The van der Waals surface area contributed by atoms with Crippen molar-refractivity contribution in [2.45, 2.75) is 6.54 Å². The van der Waals surface area contributed by atoms with Crippen LogP contribution in [0.3, 0.4) is 0 Å². The van der Waals surface area contributed by atoms with E-state index in [0.29, 0.717) is 18.7 Å². The molecule has 6 heteroatoms. The van der Waals surface area contributed by atoms with Gasteiger partial charge in [0.2, 0.25) is 0 Å². The predicted octanol–water partition coefficient (Wildman–Crippen LogP) is 0.669. The number of hydrogen-bond acceptors (Lipinski definition) is 4. The summed E-state index contributed by atoms with van der Waals surface area (Å²) in [4.78, 5) is 18.2. The first-order valence-electron chi connectivity index (χ1n) is 5.65. The zero-order chi connectivity index (χ0) is 13.5. The van der Waals surface area contributed by atoms with Crippen LogP contribution in [0, 0.1) is 5.82 Å². The Balaban J connectivity index is 2.62. The van der Waals surface area contributed by atoms with Crippen LogP contribution in [-0.2, 0) is 11.3 Å². The molecule has 100 valence electrons. The van der Waals surface area contributed by atoms with Crippen molar-refractivity contribution in [3.8, 4) is 0 Å². The molecule has 0 fully saturated rings. The number of aliphatic carboxylic acids is 1. The van der Waals surface area contributed by atoms with E-state index in [2.05, 4.69) is 4.98 Å². The third-order valence-electron chi connectivity index (χ3n) is 2.39. The molecule has 0 aliphatic carbocycles. The summed E-state index contributed by atoms with van der Waals surface area (Å²) in [6.07, 6.45) is 2.68. The summed E-state index contributed by atoms with van der Waals surface area (Å²) in [6, 6.07) is 1.37. The molecule has 0 saturated carbocycles. The summed E-state index contributed by atoms with van der Waals surface area (Å²) in [5.74, 6) is -1.30. The number of halogens is 1. The Morgan fingerprint density at radius 3 is 2.67 bits per heavy atom. The van der Waals surface area contributed by atoms with E-state index in [1.54, 1.807) is 11.1 Å². The number of hydrogen-bond donors (Lipinski definition) is 1. The number of likely N-dealkylation sites (N-methyl/N-ethyl adjacent to an activating group) is 1. The lowest BCUT2D eigenvalue weighted by atomic mass is 10.2. The SMILES string of the molecule is CN(C)CCN(CC(=O)O)Cc1cncc(F)c1. The number of pyridine rings is 1. The number of rotatable bonds is 7. The molecule has 0 saturated heterocycles. The van der Waals surface area contributed by atoms with Crippen molar-refractivity contribution in [2.75, 3.05) is 33.7 Å². The van der Waals surface area contributed by atoms with Gasteiger partial charge in [0.15, 0.2) is 0 Å². The molecule has 1 aromatic rings. The molecule has 0 bridgehead atoms. The molecule has 0 unspecified atom stereocenters. The molecule has 0 aliphatic heterocycles. The van der Waals surface area contributed by atoms with Crippen molar-refractivity contribution >= 4 is 5.97 Å². The molecule has 1 N–H and O–H groups in total. The Labute approximate surface area is 106 Å². The van der Waals surface area contributed by atoms with Crippen molar-refractivity contribution in [1.82, 2.24) is 14.8 Å². The van der Waals surface area contributed by atoms with Gasteiger partial charge in [-0.2, -0.15) is 0 Å². The lowest BCUT2D eigenvalue weighted by molar-refractivity contribution is -0.138. The van der Waals surface area contributed by atoms with Gasteiger partial charge in [-0.3, -0.25) is 14.7 Å². The van der Waals surface area contributed by atoms with Crippen molar-refractivity contribution in [2.24, 2.45) is 0 Å². The summed E-state index contributed by atoms with van der Waals surface area (Å²) < 4.78 is 13.0. The Morgan fingerprint density at radius 2 is 2.11 bits per heavy atom. The van der Waals surface area contributed by atoms with Gasteiger partial charge in [0.1, 0.15) is 5.82 Å². The molecular formula is C12H18FN3O2. The largest absolute Gasteiger partial charge is 0.480 e. The van der Waals surface area contributed by atoms with Gasteiger partial charge in [-0.1, -0.05) is 0 Å². The highest BCUT2D eigenvalue weighted by molar-refractivity contribution is 5.69.